The van der Waals surface area contributed by atoms with Crippen LogP contribution in [-0.2, 0) is 6.42 Å². The molecule has 0 aliphatic carbocycles. The smallest absolute Gasteiger partial charge is 0.252 e. The second-order valence-corrected chi connectivity index (χ2v) is 4.58. The lowest BCUT2D eigenvalue weighted by molar-refractivity contribution is -0.0601. The van der Waals surface area contributed by atoms with Crippen LogP contribution in [0.2, 0.25) is 0 Å². The number of hydrogen-bond donors (Lipinski definition) is 1. The fourth-order valence-corrected chi connectivity index (χ4v) is 2.23. The van der Waals surface area contributed by atoms with Crippen molar-refractivity contribution in [2.24, 2.45) is 5.92 Å². The Morgan fingerprint density at radius 1 is 1.18 bits per heavy atom. The number of rotatable bonds is 2. The maximum Gasteiger partial charge on any atom is 0.252 e. The predicted octanol–water partition coefficient (Wildman–Crippen LogP) is 3.00. The van der Waals surface area contributed by atoms with Crippen LogP contribution in [-0.4, -0.2) is 19.0 Å². The minimum atomic E-state index is -2.63. The van der Waals surface area contributed by atoms with Crippen molar-refractivity contribution in [2.45, 2.75) is 25.2 Å². The van der Waals surface area contributed by atoms with Crippen molar-refractivity contribution >= 4 is 0 Å². The molecule has 1 aliphatic heterocycles. The fourth-order valence-electron chi connectivity index (χ4n) is 2.23. The Labute approximate surface area is 99.0 Å². The Kier molecular flexibility index (Phi) is 3.72. The van der Waals surface area contributed by atoms with E-state index in [0.717, 1.165) is 5.56 Å². The van der Waals surface area contributed by atoms with Gasteiger partial charge in [0.15, 0.2) is 0 Å². The summed E-state index contributed by atoms with van der Waals surface area (Å²) in [6.07, 6.45) is 0.665. The lowest BCUT2D eigenvalue weighted by Gasteiger charge is -2.24. The Hall–Kier alpha value is -1.03. The van der Waals surface area contributed by atoms with Gasteiger partial charge in [-0.15, -0.1) is 0 Å². The molecule has 0 saturated carbocycles. The third kappa shape index (κ3) is 3.22. The highest BCUT2D eigenvalue weighted by molar-refractivity contribution is 5.17. The second kappa shape index (κ2) is 5.08. The van der Waals surface area contributed by atoms with Crippen LogP contribution in [0.1, 0.15) is 18.4 Å². The van der Waals surface area contributed by atoms with E-state index in [1.807, 2.05) is 0 Å². The third-order valence-electron chi connectivity index (χ3n) is 3.30. The highest BCUT2D eigenvalue weighted by Crippen LogP contribution is 2.34. The lowest BCUT2D eigenvalue weighted by atomic mass is 9.89. The molecule has 1 aromatic rings. The Morgan fingerprint density at radius 3 is 2.59 bits per heavy atom. The zero-order chi connectivity index (χ0) is 12.3. The van der Waals surface area contributed by atoms with Gasteiger partial charge in [0.2, 0.25) is 0 Å². The standard InChI is InChI=1S/C13H16F3N/c14-12-3-1-10(2-4-12)9-11-5-7-17-8-6-13(11,15)16/h1-4,11,17H,5-9H2. The maximum atomic E-state index is 13.8. The largest absolute Gasteiger partial charge is 0.316 e. The molecular formula is C13H16F3N. The Bertz CT molecular complexity index is 361. The van der Waals surface area contributed by atoms with E-state index in [9.17, 15) is 13.2 Å². The summed E-state index contributed by atoms with van der Waals surface area (Å²) in [6.45, 7) is 0.994. The molecular weight excluding hydrogens is 227 g/mol. The monoisotopic (exact) mass is 243 g/mol. The topological polar surface area (TPSA) is 12.0 Å². The minimum Gasteiger partial charge on any atom is -0.316 e. The molecule has 1 aliphatic rings. The molecule has 1 saturated heterocycles. The zero-order valence-corrected chi connectivity index (χ0v) is 9.56. The van der Waals surface area contributed by atoms with Crippen molar-refractivity contribution in [1.82, 2.24) is 5.32 Å². The molecule has 0 radical (unpaired) electrons. The van der Waals surface area contributed by atoms with Gasteiger partial charge in [-0.3, -0.25) is 0 Å². The SMILES string of the molecule is Fc1ccc(CC2CCNCCC2(F)F)cc1. The van der Waals surface area contributed by atoms with Gasteiger partial charge in [0.1, 0.15) is 5.82 Å². The average Bonchev–Trinajstić information content (AvgIpc) is 2.44. The molecule has 94 valence electrons. The molecule has 0 aromatic heterocycles. The lowest BCUT2D eigenvalue weighted by Crippen LogP contribution is -2.29. The van der Waals surface area contributed by atoms with Crippen LogP contribution in [0.25, 0.3) is 0 Å². The Balaban J connectivity index is 2.07. The fraction of sp³-hybridized carbons (Fsp3) is 0.538. The first-order valence-electron chi connectivity index (χ1n) is 5.91. The number of nitrogens with one attached hydrogen (secondary N) is 1. The molecule has 1 heterocycles. The predicted molar refractivity (Wildman–Crippen MR) is 60.6 cm³/mol. The zero-order valence-electron chi connectivity index (χ0n) is 9.56. The first-order chi connectivity index (χ1) is 8.08. The van der Waals surface area contributed by atoms with Crippen LogP contribution in [0, 0.1) is 11.7 Å². The molecule has 2 rings (SSSR count). The van der Waals surface area contributed by atoms with Crippen molar-refractivity contribution in [1.29, 1.82) is 0 Å². The second-order valence-electron chi connectivity index (χ2n) is 4.58. The number of halogens is 3. The van der Waals surface area contributed by atoms with Gasteiger partial charge in [0, 0.05) is 18.9 Å². The number of alkyl halides is 2. The summed E-state index contributed by atoms with van der Waals surface area (Å²) in [5.74, 6) is -3.61. The summed E-state index contributed by atoms with van der Waals surface area (Å²) in [5.41, 5.74) is 0.776. The van der Waals surface area contributed by atoms with Crippen molar-refractivity contribution in [3.05, 3.63) is 35.6 Å². The van der Waals surface area contributed by atoms with Crippen molar-refractivity contribution < 1.29 is 13.2 Å². The molecule has 1 unspecified atom stereocenters. The van der Waals surface area contributed by atoms with E-state index >= 15 is 0 Å². The van der Waals surface area contributed by atoms with E-state index in [0.29, 0.717) is 25.9 Å². The third-order valence-corrected chi connectivity index (χ3v) is 3.30. The minimum absolute atomic E-state index is 0.112. The van der Waals surface area contributed by atoms with Crippen molar-refractivity contribution in [3.63, 3.8) is 0 Å². The van der Waals surface area contributed by atoms with Gasteiger partial charge in [0.05, 0.1) is 0 Å². The summed E-state index contributed by atoms with van der Waals surface area (Å²) in [7, 11) is 0. The van der Waals surface area contributed by atoms with E-state index in [4.69, 9.17) is 0 Å². The van der Waals surface area contributed by atoms with Gasteiger partial charge >= 0.3 is 0 Å². The molecule has 17 heavy (non-hydrogen) atoms. The quantitative estimate of drug-likeness (QED) is 0.842. The summed E-state index contributed by atoms with van der Waals surface area (Å²) in [4.78, 5) is 0. The average molecular weight is 243 g/mol. The highest BCUT2D eigenvalue weighted by Gasteiger charge is 2.39. The van der Waals surface area contributed by atoms with Crippen molar-refractivity contribution in [2.75, 3.05) is 13.1 Å². The molecule has 1 nitrogen and oxygen atoms in total. The summed E-state index contributed by atoms with van der Waals surface area (Å²) in [5, 5.41) is 2.99. The van der Waals surface area contributed by atoms with Gasteiger partial charge < -0.3 is 5.32 Å². The molecule has 1 N–H and O–H groups in total. The van der Waals surface area contributed by atoms with Gasteiger partial charge in [-0.25, -0.2) is 13.2 Å². The van der Waals surface area contributed by atoms with Crippen LogP contribution < -0.4 is 5.32 Å². The number of benzene rings is 1. The van der Waals surface area contributed by atoms with Crippen LogP contribution in [0.3, 0.4) is 0 Å². The van der Waals surface area contributed by atoms with E-state index in [1.54, 1.807) is 12.1 Å². The van der Waals surface area contributed by atoms with Crippen LogP contribution in [0.15, 0.2) is 24.3 Å². The summed E-state index contributed by atoms with van der Waals surface area (Å²) < 4.78 is 40.3. The molecule has 4 heteroatoms. The van der Waals surface area contributed by atoms with Crippen LogP contribution in [0.5, 0.6) is 0 Å². The van der Waals surface area contributed by atoms with Gasteiger partial charge in [0.25, 0.3) is 5.92 Å². The molecule has 0 spiro atoms. The normalized spacial score (nSPS) is 24.3. The first-order valence-corrected chi connectivity index (χ1v) is 5.91. The van der Waals surface area contributed by atoms with E-state index < -0.39 is 11.8 Å². The first kappa shape index (κ1) is 12.4. The van der Waals surface area contributed by atoms with Crippen LogP contribution >= 0.6 is 0 Å². The molecule has 1 fully saturated rings. The molecule has 1 atom stereocenters. The van der Waals surface area contributed by atoms with E-state index in [1.165, 1.54) is 12.1 Å². The summed E-state index contributed by atoms with van der Waals surface area (Å²) >= 11 is 0. The van der Waals surface area contributed by atoms with Crippen LogP contribution in [0.4, 0.5) is 13.2 Å². The van der Waals surface area contributed by atoms with E-state index in [2.05, 4.69) is 5.32 Å². The molecule has 1 aromatic carbocycles. The van der Waals surface area contributed by atoms with E-state index in [-0.39, 0.29) is 12.2 Å². The highest BCUT2D eigenvalue weighted by atomic mass is 19.3. The van der Waals surface area contributed by atoms with Gasteiger partial charge in [-0.1, -0.05) is 12.1 Å². The summed E-state index contributed by atoms with van der Waals surface area (Å²) in [6, 6.07) is 5.82. The molecule has 0 bridgehead atoms. The molecule has 0 amide bonds. The number of hydrogen-bond acceptors (Lipinski definition) is 1. The van der Waals surface area contributed by atoms with Crippen molar-refractivity contribution in [3.8, 4) is 0 Å². The Morgan fingerprint density at radius 2 is 1.88 bits per heavy atom. The van der Waals surface area contributed by atoms with Gasteiger partial charge in [-0.05, 0) is 37.1 Å². The van der Waals surface area contributed by atoms with Gasteiger partial charge in [-0.2, -0.15) is 0 Å². The maximum absolute atomic E-state index is 13.8.